The molecule has 0 atom stereocenters. The molecule has 0 spiro atoms. The van der Waals surface area contributed by atoms with Crippen LogP contribution in [0.25, 0.3) is 22.4 Å². The second kappa shape index (κ2) is 8.47. The summed E-state index contributed by atoms with van der Waals surface area (Å²) in [6.07, 6.45) is 11.5. The Morgan fingerprint density at radius 3 is 2.03 bits per heavy atom. The van der Waals surface area contributed by atoms with Crippen molar-refractivity contribution >= 4 is 11.6 Å². The topological polar surface area (TPSA) is 57.8 Å². The molecule has 5 rings (SSSR count). The first kappa shape index (κ1) is 19.1. The van der Waals surface area contributed by atoms with Crippen LogP contribution < -0.4 is 5.32 Å². The molecule has 4 nitrogen and oxygen atoms in total. The van der Waals surface area contributed by atoms with Gasteiger partial charge in [0.2, 0.25) is 5.91 Å². The summed E-state index contributed by atoms with van der Waals surface area (Å²) >= 11 is 0. The van der Waals surface area contributed by atoms with Gasteiger partial charge in [0.1, 0.15) is 5.82 Å². The van der Waals surface area contributed by atoms with Crippen molar-refractivity contribution < 1.29 is 4.79 Å². The van der Waals surface area contributed by atoms with Gasteiger partial charge in [-0.2, -0.15) is 0 Å². The molecule has 1 aromatic heterocycles. The zero-order chi connectivity index (χ0) is 20.3. The zero-order valence-corrected chi connectivity index (χ0v) is 17.4. The first-order valence-corrected chi connectivity index (χ1v) is 11.3. The third-order valence-corrected chi connectivity index (χ3v) is 6.74. The molecule has 1 heterocycles. The Bertz CT molecular complexity index is 992. The van der Waals surface area contributed by atoms with Gasteiger partial charge in [-0.15, -0.1) is 0 Å². The molecule has 0 bridgehead atoms. The van der Waals surface area contributed by atoms with E-state index in [2.05, 4.69) is 51.7 Å². The van der Waals surface area contributed by atoms with E-state index in [9.17, 15) is 4.79 Å². The van der Waals surface area contributed by atoms with Gasteiger partial charge in [0.15, 0.2) is 0 Å². The molecule has 2 aromatic carbocycles. The van der Waals surface area contributed by atoms with E-state index in [1.165, 1.54) is 44.1 Å². The van der Waals surface area contributed by atoms with Crippen molar-refractivity contribution in [3.63, 3.8) is 0 Å². The molecule has 2 aliphatic rings. The standard InChI is InChI=1S/C26H29N3O/c30-26(22-7-3-4-8-22)28-23-15-13-19(14-16-23)18-9-11-20(12-10-18)24-17-27-25(29-24)21-5-1-2-6-21/h9-17,21-22H,1-8H2,(H,27,29)(H,28,30). The highest BCUT2D eigenvalue weighted by molar-refractivity contribution is 5.93. The maximum atomic E-state index is 12.3. The number of H-pyrrole nitrogens is 1. The number of hydrogen-bond acceptors (Lipinski definition) is 2. The number of aromatic nitrogens is 2. The lowest BCUT2D eigenvalue weighted by atomic mass is 10.0. The number of carbonyl (C=O) groups is 1. The predicted octanol–water partition coefficient (Wildman–Crippen LogP) is 6.53. The van der Waals surface area contributed by atoms with Crippen LogP contribution in [-0.4, -0.2) is 15.9 Å². The minimum absolute atomic E-state index is 0.168. The minimum atomic E-state index is 0.168. The normalized spacial score (nSPS) is 17.5. The fourth-order valence-corrected chi connectivity index (χ4v) is 4.91. The number of anilines is 1. The zero-order valence-electron chi connectivity index (χ0n) is 17.4. The summed E-state index contributed by atoms with van der Waals surface area (Å²) in [5, 5.41) is 3.07. The van der Waals surface area contributed by atoms with Gasteiger partial charge >= 0.3 is 0 Å². The van der Waals surface area contributed by atoms with Gasteiger partial charge in [0, 0.05) is 17.5 Å². The van der Waals surface area contributed by atoms with E-state index in [0.717, 1.165) is 41.2 Å². The smallest absolute Gasteiger partial charge is 0.227 e. The van der Waals surface area contributed by atoms with Gasteiger partial charge in [-0.1, -0.05) is 62.1 Å². The number of nitrogens with zero attached hydrogens (tertiary/aromatic N) is 1. The molecule has 30 heavy (non-hydrogen) atoms. The van der Waals surface area contributed by atoms with Gasteiger partial charge < -0.3 is 10.3 Å². The Labute approximate surface area is 178 Å². The molecule has 3 aromatic rings. The number of aromatic amines is 1. The summed E-state index contributed by atoms with van der Waals surface area (Å²) in [7, 11) is 0. The second-order valence-corrected chi connectivity index (χ2v) is 8.79. The molecule has 2 N–H and O–H groups in total. The number of carbonyl (C=O) groups excluding carboxylic acids is 1. The van der Waals surface area contributed by atoms with Crippen LogP contribution in [0.5, 0.6) is 0 Å². The number of hydrogen-bond donors (Lipinski definition) is 2. The molecule has 4 heteroatoms. The van der Waals surface area contributed by atoms with Crippen LogP contribution >= 0.6 is 0 Å². The van der Waals surface area contributed by atoms with E-state index in [4.69, 9.17) is 0 Å². The fourth-order valence-electron chi connectivity index (χ4n) is 4.91. The van der Waals surface area contributed by atoms with E-state index >= 15 is 0 Å². The number of benzene rings is 2. The third-order valence-electron chi connectivity index (χ3n) is 6.74. The molecule has 1 amide bonds. The lowest BCUT2D eigenvalue weighted by molar-refractivity contribution is -0.119. The summed E-state index contributed by atoms with van der Waals surface area (Å²) in [6.45, 7) is 0. The van der Waals surface area contributed by atoms with E-state index in [0.29, 0.717) is 5.92 Å². The Kier molecular flexibility index (Phi) is 5.39. The highest BCUT2D eigenvalue weighted by Gasteiger charge is 2.22. The van der Waals surface area contributed by atoms with E-state index in [1.807, 2.05) is 18.3 Å². The van der Waals surface area contributed by atoms with Gasteiger partial charge in [0.05, 0.1) is 11.9 Å². The molecule has 0 unspecified atom stereocenters. The van der Waals surface area contributed by atoms with Crippen molar-refractivity contribution in [1.82, 2.24) is 9.97 Å². The Hall–Kier alpha value is -2.88. The largest absolute Gasteiger partial charge is 0.342 e. The number of rotatable bonds is 5. The molecule has 0 aliphatic heterocycles. The van der Waals surface area contributed by atoms with Gasteiger partial charge in [-0.3, -0.25) is 4.79 Å². The van der Waals surface area contributed by atoms with Crippen LogP contribution in [0, 0.1) is 5.92 Å². The van der Waals surface area contributed by atoms with E-state index in [-0.39, 0.29) is 11.8 Å². The number of nitrogens with one attached hydrogen (secondary N) is 2. The summed E-state index contributed by atoms with van der Waals surface area (Å²) in [4.78, 5) is 20.5. The van der Waals surface area contributed by atoms with Crippen molar-refractivity contribution in [1.29, 1.82) is 0 Å². The van der Waals surface area contributed by atoms with Crippen LogP contribution in [0.4, 0.5) is 5.69 Å². The molecule has 0 radical (unpaired) electrons. The van der Waals surface area contributed by atoms with Crippen molar-refractivity contribution in [3.05, 3.63) is 60.6 Å². The van der Waals surface area contributed by atoms with Crippen molar-refractivity contribution in [2.24, 2.45) is 5.92 Å². The SMILES string of the molecule is O=C(Nc1ccc(-c2ccc(-c3cnc(C4CCCC4)[nH]3)cc2)cc1)C1CCCC1. The fraction of sp³-hybridized carbons (Fsp3) is 0.385. The van der Waals surface area contributed by atoms with Crippen molar-refractivity contribution in [2.45, 2.75) is 57.3 Å². The summed E-state index contributed by atoms with van der Waals surface area (Å²) in [5.74, 6) is 2.10. The molecule has 2 fully saturated rings. The third kappa shape index (κ3) is 4.04. The van der Waals surface area contributed by atoms with Crippen molar-refractivity contribution in [2.75, 3.05) is 5.32 Å². The summed E-state index contributed by atoms with van der Waals surface area (Å²) in [6, 6.07) is 16.8. The van der Waals surface area contributed by atoms with Gasteiger partial charge in [0.25, 0.3) is 0 Å². The monoisotopic (exact) mass is 399 g/mol. The Morgan fingerprint density at radius 1 is 0.800 bits per heavy atom. The van der Waals surface area contributed by atoms with Gasteiger partial charge in [-0.05, 0) is 54.5 Å². The van der Waals surface area contributed by atoms with Crippen molar-refractivity contribution in [3.8, 4) is 22.4 Å². The van der Waals surface area contributed by atoms with Crippen LogP contribution in [-0.2, 0) is 4.79 Å². The molecule has 2 saturated carbocycles. The molecule has 0 saturated heterocycles. The maximum Gasteiger partial charge on any atom is 0.227 e. The maximum absolute atomic E-state index is 12.3. The molecular weight excluding hydrogens is 370 g/mol. The lowest BCUT2D eigenvalue weighted by Crippen LogP contribution is -2.20. The van der Waals surface area contributed by atoms with E-state index in [1.54, 1.807) is 0 Å². The predicted molar refractivity (Wildman–Crippen MR) is 121 cm³/mol. The lowest BCUT2D eigenvalue weighted by Gasteiger charge is -2.11. The first-order chi connectivity index (χ1) is 14.8. The average Bonchev–Trinajstić information content (AvgIpc) is 3.57. The van der Waals surface area contributed by atoms with Crippen LogP contribution in [0.3, 0.4) is 0 Å². The summed E-state index contributed by atoms with van der Waals surface area (Å²) in [5.41, 5.74) is 5.45. The van der Waals surface area contributed by atoms with E-state index < -0.39 is 0 Å². The average molecular weight is 400 g/mol. The Morgan fingerprint density at radius 2 is 1.37 bits per heavy atom. The summed E-state index contributed by atoms with van der Waals surface area (Å²) < 4.78 is 0. The highest BCUT2D eigenvalue weighted by atomic mass is 16.1. The van der Waals surface area contributed by atoms with Crippen LogP contribution in [0.1, 0.15) is 63.1 Å². The molecule has 2 aliphatic carbocycles. The molecule has 154 valence electrons. The van der Waals surface area contributed by atoms with Crippen LogP contribution in [0.2, 0.25) is 0 Å². The highest BCUT2D eigenvalue weighted by Crippen LogP contribution is 2.34. The molecular formula is C26H29N3O. The second-order valence-electron chi connectivity index (χ2n) is 8.79. The van der Waals surface area contributed by atoms with Gasteiger partial charge in [-0.25, -0.2) is 4.98 Å². The first-order valence-electron chi connectivity index (χ1n) is 11.3. The van der Waals surface area contributed by atoms with Crippen LogP contribution in [0.15, 0.2) is 54.7 Å². The number of amides is 1. The minimum Gasteiger partial charge on any atom is -0.342 e. The number of imidazole rings is 1. The quantitative estimate of drug-likeness (QED) is 0.512. The Balaban J connectivity index is 1.25.